The molecule has 2 spiro atoms. The lowest BCUT2D eigenvalue weighted by molar-refractivity contribution is -0.146. The number of carbonyl (C=O) groups excluding carboxylic acids is 4. The van der Waals surface area contributed by atoms with E-state index in [4.69, 9.17) is 11.5 Å². The Morgan fingerprint density at radius 3 is 2.02 bits per heavy atom. The fourth-order valence-electron chi connectivity index (χ4n) is 10.3. The molecule has 4 aliphatic carbocycles. The number of aliphatic hydroxyl groups excluding tert-OH is 1. The van der Waals surface area contributed by atoms with Gasteiger partial charge in [-0.2, -0.15) is 0 Å². The second kappa shape index (κ2) is 12.1. The molecule has 0 aromatic carbocycles. The molecule has 0 aromatic rings. The number of carbonyl (C=O) groups is 4. The maximum absolute atomic E-state index is 14.7. The molecule has 0 bridgehead atoms. The Bertz CT molecular complexity index is 1130. The quantitative estimate of drug-likeness (QED) is 0.285. The minimum Gasteiger partial charge on any atom is -0.383 e. The molecule has 0 radical (unpaired) electrons. The van der Waals surface area contributed by atoms with Crippen LogP contribution in [0.25, 0.3) is 0 Å². The van der Waals surface area contributed by atoms with Gasteiger partial charge in [0, 0.05) is 36.6 Å². The highest BCUT2D eigenvalue weighted by Gasteiger charge is 2.85. The zero-order valence-corrected chi connectivity index (χ0v) is 28.0. The molecule has 8 heteroatoms. The number of primary amides is 1. The summed E-state index contributed by atoms with van der Waals surface area (Å²) in [6, 6.07) is -1.18. The van der Waals surface area contributed by atoms with E-state index in [0.717, 1.165) is 57.8 Å². The predicted octanol–water partition coefficient (Wildman–Crippen LogP) is 4.92. The molecule has 248 valence electrons. The molecule has 5 fully saturated rings. The smallest absolute Gasteiger partial charge is 0.246 e. The number of nitrogens with two attached hydrogens (primary N) is 2. The van der Waals surface area contributed by atoms with Crippen LogP contribution in [0, 0.1) is 45.3 Å². The van der Waals surface area contributed by atoms with Crippen molar-refractivity contribution in [3.63, 3.8) is 0 Å². The average Bonchev–Trinajstić information content (AvgIpc) is 3.15. The van der Waals surface area contributed by atoms with Crippen molar-refractivity contribution in [3.05, 3.63) is 0 Å². The number of Topliss-reactive ketones (excluding diaryl/α,β-unsaturated/α-hetero) is 2. The van der Waals surface area contributed by atoms with E-state index in [9.17, 15) is 24.3 Å². The average molecular weight is 614 g/mol. The Labute approximate surface area is 264 Å². The first kappa shape index (κ1) is 33.6. The number of rotatable bonds is 12. The first-order chi connectivity index (χ1) is 20.6. The summed E-state index contributed by atoms with van der Waals surface area (Å²) in [6.45, 7) is 11.1. The van der Waals surface area contributed by atoms with E-state index in [0.29, 0.717) is 25.3 Å². The Morgan fingerprint density at radius 1 is 0.909 bits per heavy atom. The summed E-state index contributed by atoms with van der Waals surface area (Å²) in [5.74, 6) is -1.63. The van der Waals surface area contributed by atoms with Crippen molar-refractivity contribution in [2.75, 3.05) is 6.54 Å². The molecule has 2 amide bonds. The van der Waals surface area contributed by atoms with Gasteiger partial charge in [0.15, 0.2) is 11.6 Å². The normalized spacial score (nSPS) is 30.7. The van der Waals surface area contributed by atoms with Gasteiger partial charge < -0.3 is 21.5 Å². The van der Waals surface area contributed by atoms with E-state index < -0.39 is 41.3 Å². The molecule has 4 saturated carbocycles. The highest BCUT2D eigenvalue weighted by atomic mass is 16.3. The minimum absolute atomic E-state index is 0.0142. The molecular weight excluding hydrogens is 554 g/mol. The van der Waals surface area contributed by atoms with Crippen LogP contribution in [0.4, 0.5) is 0 Å². The van der Waals surface area contributed by atoms with E-state index in [1.165, 1.54) is 12.8 Å². The van der Waals surface area contributed by atoms with Gasteiger partial charge in [0.2, 0.25) is 11.8 Å². The van der Waals surface area contributed by atoms with Crippen molar-refractivity contribution >= 4 is 23.4 Å². The lowest BCUT2D eigenvalue weighted by Crippen LogP contribution is -2.49. The molecule has 5 N–H and O–H groups in total. The highest BCUT2D eigenvalue weighted by molar-refractivity contribution is 5.94. The van der Waals surface area contributed by atoms with E-state index in [1.54, 1.807) is 0 Å². The Kier molecular flexibility index (Phi) is 9.22. The van der Waals surface area contributed by atoms with Crippen LogP contribution >= 0.6 is 0 Å². The van der Waals surface area contributed by atoms with Crippen molar-refractivity contribution in [1.29, 1.82) is 0 Å². The van der Waals surface area contributed by atoms with Gasteiger partial charge in [-0.1, -0.05) is 79.6 Å². The summed E-state index contributed by atoms with van der Waals surface area (Å²) in [5, 5.41) is 10.7. The number of aliphatic hydroxyl groups is 1. The van der Waals surface area contributed by atoms with Crippen LogP contribution in [-0.4, -0.2) is 58.1 Å². The van der Waals surface area contributed by atoms with E-state index in [2.05, 4.69) is 13.8 Å². The molecule has 0 aromatic heterocycles. The molecule has 5 aliphatic rings. The first-order valence-electron chi connectivity index (χ1n) is 17.7. The maximum Gasteiger partial charge on any atom is 0.246 e. The van der Waals surface area contributed by atoms with Gasteiger partial charge in [-0.05, 0) is 66.6 Å². The molecule has 3 unspecified atom stereocenters. The number of ketones is 2. The van der Waals surface area contributed by atoms with Gasteiger partial charge in [0.1, 0.15) is 6.10 Å². The van der Waals surface area contributed by atoms with Crippen molar-refractivity contribution in [2.45, 2.75) is 149 Å². The predicted molar refractivity (Wildman–Crippen MR) is 170 cm³/mol. The van der Waals surface area contributed by atoms with Crippen molar-refractivity contribution in [3.8, 4) is 0 Å². The third kappa shape index (κ3) is 5.58. The SMILES string of the molecule is CC(C)(C)[C@H](CC(=O)[C@@H](N)C1CCCCC1)C(=O)N1CC2(C[C@H]1C(=O)CC(CC1CCC1)C(O)C(N)=O)C(C)(C)C21CCC1. The van der Waals surface area contributed by atoms with Crippen molar-refractivity contribution in [2.24, 2.45) is 56.8 Å². The number of hydrogen-bond donors (Lipinski definition) is 3. The first-order valence-corrected chi connectivity index (χ1v) is 17.7. The van der Waals surface area contributed by atoms with Gasteiger partial charge in [-0.25, -0.2) is 0 Å². The number of amides is 2. The van der Waals surface area contributed by atoms with E-state index in [1.807, 2.05) is 25.7 Å². The van der Waals surface area contributed by atoms with Crippen LogP contribution in [0.5, 0.6) is 0 Å². The lowest BCUT2D eigenvalue weighted by Gasteiger charge is -2.37. The topological polar surface area (TPSA) is 144 Å². The zero-order valence-electron chi connectivity index (χ0n) is 28.0. The fraction of sp³-hybridized carbons (Fsp3) is 0.889. The van der Waals surface area contributed by atoms with Gasteiger partial charge in [0.05, 0.1) is 12.1 Å². The van der Waals surface area contributed by atoms with Gasteiger partial charge in [-0.3, -0.25) is 19.2 Å². The maximum atomic E-state index is 14.7. The Morgan fingerprint density at radius 2 is 1.55 bits per heavy atom. The molecule has 5 rings (SSSR count). The third-order valence-corrected chi connectivity index (χ3v) is 13.8. The molecular formula is C36H59N3O5. The minimum atomic E-state index is -1.38. The molecule has 44 heavy (non-hydrogen) atoms. The van der Waals surface area contributed by atoms with E-state index >= 15 is 0 Å². The van der Waals surface area contributed by atoms with Gasteiger partial charge in [0.25, 0.3) is 0 Å². The van der Waals surface area contributed by atoms with Crippen LogP contribution in [0.15, 0.2) is 0 Å². The van der Waals surface area contributed by atoms with Crippen LogP contribution in [0.2, 0.25) is 0 Å². The standard InChI is InChI=1S/C36H59N3O5/c1-33(2,3)25(19-28(41)29(37)23-13-7-6-8-14-23)32(44)39-21-36(34(4,5)35(36)15-10-16-35)20-26(39)27(40)18-24(30(42)31(38)43)17-22-11-9-12-22/h22-26,29-30,42H,6-21,37H2,1-5H3,(H2,38,43)/t24?,25-,26+,29+,30?,36?/m1/s1. The number of likely N-dealkylation sites (tertiary alicyclic amines) is 1. The summed E-state index contributed by atoms with van der Waals surface area (Å²) in [7, 11) is 0. The number of hydrogen-bond acceptors (Lipinski definition) is 6. The Balaban J connectivity index is 1.40. The second-order valence-corrected chi connectivity index (χ2v) is 17.2. The molecule has 8 nitrogen and oxygen atoms in total. The van der Waals surface area contributed by atoms with Crippen LogP contribution in [0.1, 0.15) is 131 Å². The van der Waals surface area contributed by atoms with Crippen molar-refractivity contribution < 1.29 is 24.3 Å². The summed E-state index contributed by atoms with van der Waals surface area (Å²) in [4.78, 5) is 56.5. The lowest BCUT2D eigenvalue weighted by atomic mass is 9.73. The summed E-state index contributed by atoms with van der Waals surface area (Å²) < 4.78 is 0. The second-order valence-electron chi connectivity index (χ2n) is 17.2. The monoisotopic (exact) mass is 613 g/mol. The van der Waals surface area contributed by atoms with Crippen LogP contribution < -0.4 is 11.5 Å². The molecule has 6 atom stereocenters. The van der Waals surface area contributed by atoms with Gasteiger partial charge in [-0.15, -0.1) is 0 Å². The summed E-state index contributed by atoms with van der Waals surface area (Å²) in [6.07, 6.45) is 11.8. The van der Waals surface area contributed by atoms with E-state index in [-0.39, 0.29) is 52.5 Å². The molecule has 1 heterocycles. The highest BCUT2D eigenvalue weighted by Crippen LogP contribution is 2.88. The third-order valence-electron chi connectivity index (χ3n) is 13.8. The van der Waals surface area contributed by atoms with Crippen LogP contribution in [0.3, 0.4) is 0 Å². The Hall–Kier alpha value is -1.80. The molecule has 1 saturated heterocycles. The van der Waals surface area contributed by atoms with Crippen LogP contribution in [-0.2, 0) is 19.2 Å². The number of fused-ring (bicyclic) bond motifs is 1. The van der Waals surface area contributed by atoms with Crippen molar-refractivity contribution in [1.82, 2.24) is 4.90 Å². The van der Waals surface area contributed by atoms with Gasteiger partial charge >= 0.3 is 0 Å². The number of nitrogens with zero attached hydrogens (tertiary/aromatic N) is 1. The zero-order chi connectivity index (χ0) is 32.2. The fourth-order valence-corrected chi connectivity index (χ4v) is 10.3. The summed E-state index contributed by atoms with van der Waals surface area (Å²) >= 11 is 0. The molecule has 1 aliphatic heterocycles. The summed E-state index contributed by atoms with van der Waals surface area (Å²) in [5.41, 5.74) is 11.6. The largest absolute Gasteiger partial charge is 0.383 e.